The first-order valence-electron chi connectivity index (χ1n) is 21.6. The summed E-state index contributed by atoms with van der Waals surface area (Å²) in [6.07, 6.45) is 12.6. The minimum Gasteiger partial charge on any atom is -0.482 e. The molecule has 4 aliphatic heterocycles. The number of halogens is 3. The number of rotatable bonds is 16. The fourth-order valence-corrected chi connectivity index (χ4v) is 9.57. The van der Waals surface area contributed by atoms with Crippen LogP contribution in [0.5, 0.6) is 5.75 Å². The molecule has 15 nitrogen and oxygen atoms in total. The second-order valence-corrected chi connectivity index (χ2v) is 17.5. The third-order valence-corrected chi connectivity index (χ3v) is 13.2. The number of pyridine rings is 1. The smallest absolute Gasteiger partial charge is 0.264 e. The molecule has 3 saturated heterocycles. The highest BCUT2D eigenvalue weighted by atomic mass is 35.5. The normalized spacial score (nSPS) is 19.0. The van der Waals surface area contributed by atoms with E-state index in [1.165, 1.54) is 12.1 Å². The number of nitrogen functional groups attached to an aromatic ring is 1. The van der Waals surface area contributed by atoms with Crippen LogP contribution < -0.4 is 21.1 Å². The maximum atomic E-state index is 14.2. The van der Waals surface area contributed by atoms with Crippen LogP contribution in [-0.4, -0.2) is 104 Å². The molecule has 4 N–H and O–H groups in total. The van der Waals surface area contributed by atoms with Gasteiger partial charge in [-0.05, 0) is 75.9 Å². The maximum absolute atomic E-state index is 14.2. The minimum atomic E-state index is -1.02. The molecular weight excluding hydrogens is 852 g/mol. The zero-order chi connectivity index (χ0) is 44.4. The molecular formula is C45H50Cl2FN9O6. The Morgan fingerprint density at radius 3 is 2.52 bits per heavy atom. The first-order valence-corrected chi connectivity index (χ1v) is 22.3. The van der Waals surface area contributed by atoms with Crippen LogP contribution in [0.15, 0.2) is 55.0 Å². The zero-order valence-electron chi connectivity index (χ0n) is 35.0. The van der Waals surface area contributed by atoms with E-state index in [1.54, 1.807) is 37.4 Å². The molecule has 0 radical (unpaired) electrons. The van der Waals surface area contributed by atoms with E-state index in [0.717, 1.165) is 80.6 Å². The summed E-state index contributed by atoms with van der Waals surface area (Å²) in [6, 6.07) is 8.62. The van der Waals surface area contributed by atoms with Crippen LogP contribution in [0.3, 0.4) is 0 Å². The van der Waals surface area contributed by atoms with Gasteiger partial charge < -0.3 is 25.6 Å². The van der Waals surface area contributed by atoms with E-state index in [4.69, 9.17) is 33.7 Å². The van der Waals surface area contributed by atoms with E-state index in [0.29, 0.717) is 41.5 Å². The number of benzene rings is 2. The molecule has 2 atom stereocenters. The summed E-state index contributed by atoms with van der Waals surface area (Å²) in [5.41, 5.74) is 9.08. The van der Waals surface area contributed by atoms with Crippen LogP contribution >= 0.6 is 23.2 Å². The topological polar surface area (TPSA) is 185 Å². The summed E-state index contributed by atoms with van der Waals surface area (Å²) < 4.78 is 22.3. The highest BCUT2D eigenvalue weighted by Crippen LogP contribution is 2.38. The Morgan fingerprint density at radius 2 is 1.75 bits per heavy atom. The van der Waals surface area contributed by atoms with E-state index in [-0.39, 0.29) is 52.8 Å². The zero-order valence-corrected chi connectivity index (χ0v) is 36.5. The van der Waals surface area contributed by atoms with Crippen LogP contribution in [0.2, 0.25) is 10.0 Å². The molecule has 2 aromatic heterocycles. The Balaban J connectivity index is 0.706. The van der Waals surface area contributed by atoms with Gasteiger partial charge in [0.15, 0.2) is 11.6 Å². The molecule has 2 aromatic carbocycles. The Morgan fingerprint density at radius 1 is 0.984 bits per heavy atom. The van der Waals surface area contributed by atoms with Gasteiger partial charge in [-0.3, -0.25) is 38.9 Å². The molecule has 332 valence electrons. The number of unbranched alkanes of at least 4 members (excludes halogenated alkanes) is 4. The number of fused-ring (bicyclic) bond motifs is 1. The number of imide groups is 2. The predicted molar refractivity (Wildman–Crippen MR) is 235 cm³/mol. The van der Waals surface area contributed by atoms with Gasteiger partial charge in [0.1, 0.15) is 18.0 Å². The lowest BCUT2D eigenvalue weighted by molar-refractivity contribution is -0.136. The quantitative estimate of drug-likeness (QED) is 0.0610. The molecule has 5 amide bonds. The second kappa shape index (κ2) is 19.0. The molecule has 4 aromatic rings. The number of likely N-dealkylation sites (tertiary alicyclic amines) is 2. The Bertz CT molecular complexity index is 2420. The summed E-state index contributed by atoms with van der Waals surface area (Å²) in [5.74, 6) is -2.12. The third kappa shape index (κ3) is 9.53. The van der Waals surface area contributed by atoms with Gasteiger partial charge in [-0.2, -0.15) is 5.10 Å². The van der Waals surface area contributed by atoms with Crippen molar-refractivity contribution in [3.63, 3.8) is 0 Å². The van der Waals surface area contributed by atoms with Crippen molar-refractivity contribution < 1.29 is 33.1 Å². The number of ether oxygens (including phenoxy) is 1. The fraction of sp³-hybridized carbons (Fsp3) is 0.444. The SMILES string of the molecule is CC(Oc1cc(-c2cnn(C3CCN(CCCCCCCC(=O)N4CC(Nc5cccc6c5C(=O)N(C5CCC(=O)NC5=O)C6=O)C4)CC3)c2)cnc1N)c1c(Cl)ccc(F)c1Cl. The molecule has 0 aliphatic carbocycles. The fourth-order valence-electron chi connectivity index (χ4n) is 8.90. The lowest BCUT2D eigenvalue weighted by Crippen LogP contribution is -2.57. The Kier molecular flexibility index (Phi) is 13.3. The van der Waals surface area contributed by atoms with Crippen molar-refractivity contribution in [3.8, 4) is 16.9 Å². The summed E-state index contributed by atoms with van der Waals surface area (Å²) in [6.45, 7) is 5.76. The number of carbonyl (C=O) groups is 5. The standard InChI is InChI=1S/C45H50Cl2FN9O6/c1-26(39-32(46)11-12-33(48)41(39)47)63-36-20-27(21-50-42(36)49)28-22-51-56(23-28)30-15-18-54(19-16-30)17-6-4-2-3-5-10-38(59)55-24-29(25-55)52-34-9-7-8-31-40(34)45(62)57(44(31)61)35-13-14-37(58)53-43(35)60/h7-9,11-12,20-23,26,29-30,35,52H,2-6,10,13-19,24-25H2,1H3,(H2,49,50)(H,53,58,60). The van der Waals surface area contributed by atoms with E-state index >= 15 is 0 Å². The number of nitrogens with two attached hydrogens (primary N) is 1. The summed E-state index contributed by atoms with van der Waals surface area (Å²) in [5, 5.41) is 10.4. The van der Waals surface area contributed by atoms with Gasteiger partial charge in [0.05, 0.1) is 34.4 Å². The number of nitrogens with zero attached hydrogens (tertiary/aromatic N) is 6. The van der Waals surface area contributed by atoms with Crippen LogP contribution in [0, 0.1) is 5.82 Å². The van der Waals surface area contributed by atoms with Gasteiger partial charge in [0.2, 0.25) is 17.7 Å². The monoisotopic (exact) mass is 901 g/mol. The van der Waals surface area contributed by atoms with E-state index < -0.39 is 41.6 Å². The molecule has 2 unspecified atom stereocenters. The molecule has 6 heterocycles. The number of amides is 5. The summed E-state index contributed by atoms with van der Waals surface area (Å²) >= 11 is 12.5. The van der Waals surface area contributed by atoms with Crippen LogP contribution in [0.4, 0.5) is 15.9 Å². The summed E-state index contributed by atoms with van der Waals surface area (Å²) in [7, 11) is 0. The molecule has 0 saturated carbocycles. The van der Waals surface area contributed by atoms with Gasteiger partial charge in [-0.1, -0.05) is 48.5 Å². The number of piperidine rings is 2. The van der Waals surface area contributed by atoms with Gasteiger partial charge in [0.25, 0.3) is 11.8 Å². The number of anilines is 2. The van der Waals surface area contributed by atoms with Crippen LogP contribution in [0.1, 0.15) is 110 Å². The average molecular weight is 903 g/mol. The third-order valence-electron chi connectivity index (χ3n) is 12.5. The number of nitrogens with one attached hydrogen (secondary N) is 2. The molecule has 8 rings (SSSR count). The Labute approximate surface area is 374 Å². The number of carbonyl (C=O) groups excluding carboxylic acids is 5. The van der Waals surface area contributed by atoms with Crippen molar-refractivity contribution in [2.45, 2.75) is 95.4 Å². The van der Waals surface area contributed by atoms with Crippen molar-refractivity contribution in [1.29, 1.82) is 0 Å². The van der Waals surface area contributed by atoms with Crippen molar-refractivity contribution in [1.82, 2.24) is 34.8 Å². The van der Waals surface area contributed by atoms with Gasteiger partial charge in [-0.25, -0.2) is 9.37 Å². The van der Waals surface area contributed by atoms with Crippen LogP contribution in [-0.2, 0) is 14.4 Å². The molecule has 63 heavy (non-hydrogen) atoms. The molecule has 3 fully saturated rings. The second-order valence-electron chi connectivity index (χ2n) is 16.7. The molecule has 4 aliphatic rings. The molecule has 18 heteroatoms. The van der Waals surface area contributed by atoms with Gasteiger partial charge in [-0.15, -0.1) is 0 Å². The molecule has 0 bridgehead atoms. The minimum absolute atomic E-state index is 0.0581. The highest BCUT2D eigenvalue weighted by Gasteiger charge is 2.46. The van der Waals surface area contributed by atoms with Gasteiger partial charge >= 0.3 is 0 Å². The van der Waals surface area contributed by atoms with Gasteiger partial charge in [0, 0.05) is 78.8 Å². The first kappa shape index (κ1) is 44.0. The molecule has 0 spiro atoms. The lowest BCUT2D eigenvalue weighted by atomic mass is 10.0. The highest BCUT2D eigenvalue weighted by molar-refractivity contribution is 6.36. The van der Waals surface area contributed by atoms with Crippen LogP contribution in [0.25, 0.3) is 11.1 Å². The first-order chi connectivity index (χ1) is 30.4. The van der Waals surface area contributed by atoms with Crippen molar-refractivity contribution >= 4 is 64.2 Å². The number of hydrogen-bond donors (Lipinski definition) is 3. The predicted octanol–water partition coefficient (Wildman–Crippen LogP) is 6.81. The van der Waals surface area contributed by atoms with Crippen molar-refractivity contribution in [2.75, 3.05) is 43.8 Å². The van der Waals surface area contributed by atoms with Crippen molar-refractivity contribution in [3.05, 3.63) is 87.5 Å². The van der Waals surface area contributed by atoms with E-state index in [1.807, 2.05) is 22.0 Å². The maximum Gasteiger partial charge on any atom is 0.264 e. The van der Waals surface area contributed by atoms with Crippen molar-refractivity contribution in [2.24, 2.45) is 0 Å². The average Bonchev–Trinajstić information content (AvgIpc) is 3.84. The lowest BCUT2D eigenvalue weighted by Gasteiger charge is -2.40. The number of aromatic nitrogens is 3. The van der Waals surface area contributed by atoms with E-state index in [2.05, 4.69) is 25.6 Å². The largest absolute Gasteiger partial charge is 0.482 e. The van der Waals surface area contributed by atoms with E-state index in [9.17, 15) is 28.4 Å². The Hall–Kier alpha value is -5.58. The number of hydrogen-bond acceptors (Lipinski definition) is 11. The summed E-state index contributed by atoms with van der Waals surface area (Å²) in [4.78, 5) is 73.1.